The molecule has 0 saturated carbocycles. The average Bonchev–Trinajstić information content (AvgIpc) is 2.68. The number of carbonyl (C=O) groups is 2. The normalized spacial score (nSPS) is 20.5. The molecule has 2 heterocycles. The minimum atomic E-state index is -0.492. The van der Waals surface area contributed by atoms with Crippen LogP contribution >= 0.6 is 0 Å². The molecule has 0 aromatic heterocycles. The molecule has 1 unspecified atom stereocenters. The molecule has 2 N–H and O–H groups in total. The largest absolute Gasteiger partial charge is 0.463 e. The third kappa shape index (κ3) is 3.84. The van der Waals surface area contributed by atoms with Crippen LogP contribution in [-0.4, -0.2) is 31.7 Å². The number of carbonyl (C=O) groups excluding carboxylic acids is 2. The van der Waals surface area contributed by atoms with E-state index in [4.69, 9.17) is 4.74 Å². The fourth-order valence-corrected chi connectivity index (χ4v) is 3.63. The number of amides is 2. The molecule has 0 bridgehead atoms. The molecule has 0 radical (unpaired) electrons. The molecule has 0 aliphatic carbocycles. The highest BCUT2D eigenvalue weighted by atomic mass is 16.5. The van der Waals surface area contributed by atoms with Gasteiger partial charge in [-0.15, -0.1) is 0 Å². The molecule has 6 nitrogen and oxygen atoms in total. The second-order valence-corrected chi connectivity index (χ2v) is 6.64. The number of allylic oxidation sites excluding steroid dienone is 1. The van der Waals surface area contributed by atoms with Crippen LogP contribution in [0.5, 0.6) is 0 Å². The standard InChI is InChI=1S/C20H27N3O3/c1-3-16-17(19(24)26-4-2)18(22-20(25)21-16)14-8-10-15(11-9-14)23-12-6-5-7-13-23/h8-11,18H,3-7,12-13H2,1-2H3,(H2,21,22,25). The Labute approximate surface area is 154 Å². The van der Waals surface area contributed by atoms with Crippen molar-refractivity contribution in [2.75, 3.05) is 24.6 Å². The second-order valence-electron chi connectivity index (χ2n) is 6.64. The lowest BCUT2D eigenvalue weighted by Crippen LogP contribution is -2.45. The monoisotopic (exact) mass is 357 g/mol. The maximum atomic E-state index is 12.5. The predicted octanol–water partition coefficient (Wildman–Crippen LogP) is 3.26. The van der Waals surface area contributed by atoms with Gasteiger partial charge in [-0.2, -0.15) is 0 Å². The summed E-state index contributed by atoms with van der Waals surface area (Å²) >= 11 is 0. The molecule has 1 atom stereocenters. The van der Waals surface area contributed by atoms with Gasteiger partial charge in [0.05, 0.1) is 18.2 Å². The zero-order valence-corrected chi connectivity index (χ0v) is 15.5. The Hall–Kier alpha value is -2.50. The van der Waals surface area contributed by atoms with Gasteiger partial charge in [0.15, 0.2) is 0 Å². The molecule has 0 spiro atoms. The van der Waals surface area contributed by atoms with Crippen molar-refractivity contribution in [2.24, 2.45) is 0 Å². The summed E-state index contributed by atoms with van der Waals surface area (Å²) in [7, 11) is 0. The van der Waals surface area contributed by atoms with E-state index < -0.39 is 6.04 Å². The van der Waals surface area contributed by atoms with Crippen LogP contribution in [0.3, 0.4) is 0 Å². The number of benzene rings is 1. The first kappa shape index (κ1) is 18.3. The highest BCUT2D eigenvalue weighted by Gasteiger charge is 2.33. The molecule has 1 aromatic rings. The Morgan fingerprint density at radius 1 is 1.15 bits per heavy atom. The summed E-state index contributed by atoms with van der Waals surface area (Å²) in [5.74, 6) is -0.387. The molecule has 3 rings (SSSR count). The van der Waals surface area contributed by atoms with Gasteiger partial charge in [0.1, 0.15) is 0 Å². The first-order valence-corrected chi connectivity index (χ1v) is 9.46. The third-order valence-corrected chi connectivity index (χ3v) is 4.95. The topological polar surface area (TPSA) is 70.7 Å². The number of piperidine rings is 1. The van der Waals surface area contributed by atoms with Gasteiger partial charge in [-0.1, -0.05) is 19.1 Å². The van der Waals surface area contributed by atoms with Crippen molar-refractivity contribution in [1.82, 2.24) is 10.6 Å². The molecule has 2 aliphatic rings. The van der Waals surface area contributed by atoms with Crippen LogP contribution < -0.4 is 15.5 Å². The zero-order valence-electron chi connectivity index (χ0n) is 15.5. The van der Waals surface area contributed by atoms with E-state index in [0.717, 1.165) is 18.7 Å². The number of nitrogens with zero attached hydrogens (tertiary/aromatic N) is 1. The Kier molecular flexibility index (Phi) is 5.81. The molecule has 1 saturated heterocycles. The van der Waals surface area contributed by atoms with E-state index in [0.29, 0.717) is 24.3 Å². The Balaban J connectivity index is 1.89. The number of ether oxygens (including phenoxy) is 1. The number of hydrogen-bond acceptors (Lipinski definition) is 4. The van der Waals surface area contributed by atoms with Crippen molar-refractivity contribution in [2.45, 2.75) is 45.6 Å². The van der Waals surface area contributed by atoms with Crippen molar-refractivity contribution in [1.29, 1.82) is 0 Å². The lowest BCUT2D eigenvalue weighted by Gasteiger charge is -2.31. The average molecular weight is 357 g/mol. The van der Waals surface area contributed by atoms with Crippen LogP contribution in [0.1, 0.15) is 51.1 Å². The van der Waals surface area contributed by atoms with E-state index >= 15 is 0 Å². The van der Waals surface area contributed by atoms with Gasteiger partial charge in [0, 0.05) is 24.5 Å². The maximum Gasteiger partial charge on any atom is 0.338 e. The van der Waals surface area contributed by atoms with Crippen molar-refractivity contribution < 1.29 is 14.3 Å². The fraction of sp³-hybridized carbons (Fsp3) is 0.500. The van der Waals surface area contributed by atoms with Gasteiger partial charge >= 0.3 is 12.0 Å². The first-order chi connectivity index (χ1) is 12.6. The van der Waals surface area contributed by atoms with Crippen molar-refractivity contribution in [3.05, 3.63) is 41.1 Å². The van der Waals surface area contributed by atoms with Crippen molar-refractivity contribution >= 4 is 17.7 Å². The number of hydrogen-bond donors (Lipinski definition) is 2. The number of esters is 1. The van der Waals surface area contributed by atoms with Crippen LogP contribution in [0.2, 0.25) is 0 Å². The number of anilines is 1. The van der Waals surface area contributed by atoms with Crippen LogP contribution in [0.15, 0.2) is 35.5 Å². The summed E-state index contributed by atoms with van der Waals surface area (Å²) in [4.78, 5) is 26.9. The van der Waals surface area contributed by atoms with E-state index in [1.165, 1.54) is 24.9 Å². The van der Waals surface area contributed by atoms with Gasteiger partial charge in [-0.25, -0.2) is 9.59 Å². The summed E-state index contributed by atoms with van der Waals surface area (Å²) in [5.41, 5.74) is 3.18. The molecule has 2 aliphatic heterocycles. The lowest BCUT2D eigenvalue weighted by molar-refractivity contribution is -0.139. The van der Waals surface area contributed by atoms with Crippen molar-refractivity contribution in [3.63, 3.8) is 0 Å². The van der Waals surface area contributed by atoms with Gasteiger partial charge in [-0.05, 0) is 50.3 Å². The van der Waals surface area contributed by atoms with Gasteiger partial charge in [0.25, 0.3) is 0 Å². The van der Waals surface area contributed by atoms with Gasteiger partial charge in [0.2, 0.25) is 0 Å². The quantitative estimate of drug-likeness (QED) is 0.794. The zero-order chi connectivity index (χ0) is 18.5. The van der Waals surface area contributed by atoms with E-state index in [1.54, 1.807) is 6.92 Å². The highest BCUT2D eigenvalue weighted by molar-refractivity contribution is 5.95. The summed E-state index contributed by atoms with van der Waals surface area (Å²) in [6.07, 6.45) is 4.30. The van der Waals surface area contributed by atoms with E-state index in [-0.39, 0.29) is 12.0 Å². The van der Waals surface area contributed by atoms with Crippen molar-refractivity contribution in [3.8, 4) is 0 Å². The molecular weight excluding hydrogens is 330 g/mol. The van der Waals surface area contributed by atoms with Gasteiger partial charge in [-0.3, -0.25) is 0 Å². The van der Waals surface area contributed by atoms with E-state index in [9.17, 15) is 9.59 Å². The van der Waals surface area contributed by atoms with Crippen LogP contribution in [-0.2, 0) is 9.53 Å². The summed E-state index contributed by atoms with van der Waals surface area (Å²) in [6, 6.07) is 7.35. The lowest BCUT2D eigenvalue weighted by atomic mass is 9.94. The Bertz CT molecular complexity index is 691. The van der Waals surface area contributed by atoms with E-state index in [1.807, 2.05) is 19.1 Å². The smallest absolute Gasteiger partial charge is 0.338 e. The molecular formula is C20H27N3O3. The first-order valence-electron chi connectivity index (χ1n) is 9.46. The Morgan fingerprint density at radius 3 is 2.46 bits per heavy atom. The van der Waals surface area contributed by atoms with Crippen LogP contribution in [0, 0.1) is 0 Å². The second kappa shape index (κ2) is 8.25. The predicted molar refractivity (Wildman–Crippen MR) is 101 cm³/mol. The minimum Gasteiger partial charge on any atom is -0.463 e. The number of rotatable bonds is 5. The van der Waals surface area contributed by atoms with Crippen LogP contribution in [0.25, 0.3) is 0 Å². The SMILES string of the molecule is CCOC(=O)C1=C(CC)NC(=O)NC1c1ccc(N2CCCCC2)cc1. The number of urea groups is 1. The summed E-state index contributed by atoms with van der Waals surface area (Å²) < 4.78 is 5.22. The van der Waals surface area contributed by atoms with Crippen LogP contribution in [0.4, 0.5) is 10.5 Å². The molecule has 26 heavy (non-hydrogen) atoms. The molecule has 1 fully saturated rings. The fourth-order valence-electron chi connectivity index (χ4n) is 3.63. The highest BCUT2D eigenvalue weighted by Crippen LogP contribution is 2.30. The minimum absolute atomic E-state index is 0.292. The molecule has 2 amide bonds. The number of nitrogens with one attached hydrogen (secondary N) is 2. The summed E-state index contributed by atoms with van der Waals surface area (Å²) in [5, 5.41) is 5.60. The molecule has 140 valence electrons. The Morgan fingerprint density at radius 2 is 1.85 bits per heavy atom. The molecule has 1 aromatic carbocycles. The third-order valence-electron chi connectivity index (χ3n) is 4.95. The van der Waals surface area contributed by atoms with Gasteiger partial charge < -0.3 is 20.3 Å². The maximum absolute atomic E-state index is 12.5. The molecule has 6 heteroatoms. The van der Waals surface area contributed by atoms with E-state index in [2.05, 4.69) is 27.7 Å². The summed E-state index contributed by atoms with van der Waals surface area (Å²) in [6.45, 7) is 6.15.